The molecule has 0 heterocycles. The minimum absolute atomic E-state index is 0.0713. The van der Waals surface area contributed by atoms with E-state index in [1.165, 1.54) is 29.2 Å². The van der Waals surface area contributed by atoms with Gasteiger partial charge < -0.3 is 9.47 Å². The van der Waals surface area contributed by atoms with Gasteiger partial charge in [0.1, 0.15) is 12.7 Å². The predicted molar refractivity (Wildman–Crippen MR) is 76.3 cm³/mol. The highest BCUT2D eigenvalue weighted by atomic mass is 16.6. The lowest BCUT2D eigenvalue weighted by Crippen LogP contribution is -2.11. The number of ether oxygens (including phenoxy) is 2. The topological polar surface area (TPSA) is 35.5 Å². The maximum atomic E-state index is 10.8. The Kier molecular flexibility index (Phi) is 3.52. The second-order valence-corrected chi connectivity index (χ2v) is 4.77. The van der Waals surface area contributed by atoms with Gasteiger partial charge in [-0.2, -0.15) is 0 Å². The van der Waals surface area contributed by atoms with E-state index in [1.54, 1.807) is 0 Å². The van der Waals surface area contributed by atoms with E-state index >= 15 is 0 Å². The average Bonchev–Trinajstić information content (AvgIpc) is 2.78. The van der Waals surface area contributed by atoms with Crippen LogP contribution in [0, 0.1) is 0 Å². The van der Waals surface area contributed by atoms with Crippen LogP contribution in [0.4, 0.5) is 0 Å². The quantitative estimate of drug-likeness (QED) is 0.630. The Bertz CT molecular complexity index is 588. The van der Waals surface area contributed by atoms with Gasteiger partial charge >= 0.3 is 5.97 Å². The molecule has 3 nitrogen and oxygen atoms in total. The molecule has 1 aliphatic rings. The molecule has 102 valence electrons. The lowest BCUT2D eigenvalue weighted by atomic mass is 10.1. The number of benzene rings is 2. The van der Waals surface area contributed by atoms with Crippen LogP contribution in [0.2, 0.25) is 0 Å². The van der Waals surface area contributed by atoms with Crippen LogP contribution >= 0.6 is 0 Å². The smallest absolute Gasteiger partial charge is 0.302 e. The van der Waals surface area contributed by atoms with Gasteiger partial charge in [0, 0.05) is 6.92 Å². The van der Waals surface area contributed by atoms with Crippen LogP contribution in [0.15, 0.2) is 48.5 Å². The van der Waals surface area contributed by atoms with Gasteiger partial charge in [0.05, 0.1) is 6.61 Å². The molecule has 3 rings (SSSR count). The third kappa shape index (κ3) is 2.32. The molecule has 1 aliphatic carbocycles. The second kappa shape index (κ2) is 5.47. The largest absolute Gasteiger partial charge is 0.463 e. The van der Waals surface area contributed by atoms with Crippen LogP contribution in [-0.2, 0) is 14.3 Å². The third-order valence-electron chi connectivity index (χ3n) is 3.45. The number of carbonyl (C=O) groups excluding carboxylic acids is 1. The molecule has 2 aromatic carbocycles. The van der Waals surface area contributed by atoms with Gasteiger partial charge in [0.25, 0.3) is 0 Å². The SMILES string of the molecule is CC(=O)OCCOC1c2ccccc2-c2ccccc21. The average molecular weight is 268 g/mol. The number of hydrogen-bond donors (Lipinski definition) is 0. The minimum atomic E-state index is -0.277. The fourth-order valence-corrected chi connectivity index (χ4v) is 2.64. The molecule has 0 fully saturated rings. The summed E-state index contributed by atoms with van der Waals surface area (Å²) in [5, 5.41) is 0. The molecule has 0 aromatic heterocycles. The van der Waals surface area contributed by atoms with E-state index in [1.807, 2.05) is 24.3 Å². The molecule has 0 aliphatic heterocycles. The zero-order valence-electron chi connectivity index (χ0n) is 11.3. The van der Waals surface area contributed by atoms with Crippen molar-refractivity contribution < 1.29 is 14.3 Å². The van der Waals surface area contributed by atoms with Crippen molar-refractivity contribution in [3.8, 4) is 11.1 Å². The highest BCUT2D eigenvalue weighted by Crippen LogP contribution is 2.44. The van der Waals surface area contributed by atoms with E-state index in [9.17, 15) is 4.79 Å². The molecule has 0 spiro atoms. The number of hydrogen-bond acceptors (Lipinski definition) is 3. The van der Waals surface area contributed by atoms with Gasteiger partial charge in [0.2, 0.25) is 0 Å². The molecule has 2 aromatic rings. The molecule has 0 amide bonds. The molecule has 3 heteroatoms. The summed E-state index contributed by atoms with van der Waals surface area (Å²) >= 11 is 0. The van der Waals surface area contributed by atoms with Crippen LogP contribution < -0.4 is 0 Å². The summed E-state index contributed by atoms with van der Waals surface area (Å²) in [6.07, 6.45) is -0.0713. The van der Waals surface area contributed by atoms with E-state index in [0.29, 0.717) is 6.61 Å². The zero-order valence-corrected chi connectivity index (χ0v) is 11.3. The van der Waals surface area contributed by atoms with Crippen LogP contribution in [0.1, 0.15) is 24.2 Å². The monoisotopic (exact) mass is 268 g/mol. The lowest BCUT2D eigenvalue weighted by molar-refractivity contribution is -0.142. The second-order valence-electron chi connectivity index (χ2n) is 4.77. The van der Waals surface area contributed by atoms with E-state index in [0.717, 1.165) is 0 Å². The van der Waals surface area contributed by atoms with Crippen molar-refractivity contribution in [1.29, 1.82) is 0 Å². The van der Waals surface area contributed by atoms with Crippen LogP contribution in [0.25, 0.3) is 11.1 Å². The van der Waals surface area contributed by atoms with E-state index in [-0.39, 0.29) is 18.7 Å². The molecular weight excluding hydrogens is 252 g/mol. The first-order chi connectivity index (χ1) is 9.77. The molecule has 0 radical (unpaired) electrons. The Hall–Kier alpha value is -2.13. The first-order valence-corrected chi connectivity index (χ1v) is 6.70. The number of fused-ring (bicyclic) bond motifs is 3. The molecule has 0 bridgehead atoms. The Morgan fingerprint density at radius 2 is 1.50 bits per heavy atom. The zero-order chi connectivity index (χ0) is 13.9. The summed E-state index contributed by atoms with van der Waals surface area (Å²) in [6, 6.07) is 16.5. The Morgan fingerprint density at radius 1 is 0.950 bits per heavy atom. The maximum absolute atomic E-state index is 10.8. The highest BCUT2D eigenvalue weighted by Gasteiger charge is 2.28. The summed E-state index contributed by atoms with van der Waals surface area (Å²) in [6.45, 7) is 2.09. The molecule has 20 heavy (non-hydrogen) atoms. The fraction of sp³-hybridized carbons (Fsp3) is 0.235. The van der Waals surface area contributed by atoms with Crippen molar-refractivity contribution in [1.82, 2.24) is 0 Å². The number of carbonyl (C=O) groups is 1. The Labute approximate surface area is 118 Å². The fourth-order valence-electron chi connectivity index (χ4n) is 2.64. The van der Waals surface area contributed by atoms with Crippen LogP contribution in [-0.4, -0.2) is 19.2 Å². The molecule has 0 atom stereocenters. The summed E-state index contributed by atoms with van der Waals surface area (Å²) in [5.41, 5.74) is 4.80. The lowest BCUT2D eigenvalue weighted by Gasteiger charge is -2.14. The van der Waals surface area contributed by atoms with Gasteiger partial charge in [-0.05, 0) is 22.3 Å². The molecule has 0 N–H and O–H groups in total. The third-order valence-corrected chi connectivity index (χ3v) is 3.45. The van der Waals surface area contributed by atoms with E-state index in [4.69, 9.17) is 9.47 Å². The van der Waals surface area contributed by atoms with Gasteiger partial charge in [-0.15, -0.1) is 0 Å². The van der Waals surface area contributed by atoms with Crippen molar-refractivity contribution in [2.75, 3.05) is 13.2 Å². The van der Waals surface area contributed by atoms with Gasteiger partial charge in [-0.1, -0.05) is 48.5 Å². The van der Waals surface area contributed by atoms with Gasteiger partial charge in [0.15, 0.2) is 0 Å². The molecule has 0 unspecified atom stereocenters. The van der Waals surface area contributed by atoms with E-state index < -0.39 is 0 Å². The Balaban J connectivity index is 1.82. The first kappa shape index (κ1) is 12.9. The predicted octanol–water partition coefficient (Wildman–Crippen LogP) is 3.34. The molecule has 0 saturated carbocycles. The summed E-state index contributed by atoms with van der Waals surface area (Å²) in [5.74, 6) is -0.277. The summed E-state index contributed by atoms with van der Waals surface area (Å²) in [7, 11) is 0. The number of rotatable bonds is 4. The van der Waals surface area contributed by atoms with Crippen molar-refractivity contribution in [2.24, 2.45) is 0 Å². The van der Waals surface area contributed by atoms with Crippen LogP contribution in [0.5, 0.6) is 0 Å². The van der Waals surface area contributed by atoms with Gasteiger partial charge in [-0.25, -0.2) is 0 Å². The van der Waals surface area contributed by atoms with E-state index in [2.05, 4.69) is 24.3 Å². The molecular formula is C17H16O3. The minimum Gasteiger partial charge on any atom is -0.463 e. The first-order valence-electron chi connectivity index (χ1n) is 6.70. The summed E-state index contributed by atoms with van der Waals surface area (Å²) < 4.78 is 10.8. The van der Waals surface area contributed by atoms with Crippen molar-refractivity contribution in [3.63, 3.8) is 0 Å². The standard InChI is InChI=1S/C17H16O3/c1-12(18)19-10-11-20-17-15-8-4-2-6-13(15)14-7-3-5-9-16(14)17/h2-9,17H,10-11H2,1H3. The normalized spacial score (nSPS) is 12.8. The van der Waals surface area contributed by atoms with Crippen LogP contribution in [0.3, 0.4) is 0 Å². The van der Waals surface area contributed by atoms with Crippen molar-refractivity contribution >= 4 is 5.97 Å². The number of esters is 1. The van der Waals surface area contributed by atoms with Crippen molar-refractivity contribution in [3.05, 3.63) is 59.7 Å². The van der Waals surface area contributed by atoms with Gasteiger partial charge in [-0.3, -0.25) is 4.79 Å². The Morgan fingerprint density at radius 3 is 2.05 bits per heavy atom. The molecule has 0 saturated heterocycles. The summed E-state index contributed by atoms with van der Waals surface area (Å²) in [4.78, 5) is 10.8. The maximum Gasteiger partial charge on any atom is 0.302 e. The highest BCUT2D eigenvalue weighted by molar-refractivity contribution is 5.78. The van der Waals surface area contributed by atoms with Crippen molar-refractivity contribution in [2.45, 2.75) is 13.0 Å².